The van der Waals surface area contributed by atoms with Gasteiger partial charge in [0.05, 0.1) is 12.7 Å². The molecule has 0 aliphatic carbocycles. The van der Waals surface area contributed by atoms with Gasteiger partial charge in [0.1, 0.15) is 0 Å². The van der Waals surface area contributed by atoms with Gasteiger partial charge in [-0.2, -0.15) is 0 Å². The second kappa shape index (κ2) is 8.47. The van der Waals surface area contributed by atoms with E-state index in [1.807, 2.05) is 12.1 Å². The lowest BCUT2D eigenvalue weighted by molar-refractivity contribution is -0.133. The van der Waals surface area contributed by atoms with Gasteiger partial charge in [-0.05, 0) is 37.0 Å². The van der Waals surface area contributed by atoms with E-state index in [4.69, 9.17) is 0 Å². The fourth-order valence-electron chi connectivity index (χ4n) is 2.86. The van der Waals surface area contributed by atoms with Crippen LogP contribution in [0, 0.1) is 5.92 Å². The van der Waals surface area contributed by atoms with Crippen molar-refractivity contribution in [1.82, 2.24) is 10.2 Å². The Kier molecular flexibility index (Phi) is 6.35. The van der Waals surface area contributed by atoms with E-state index in [9.17, 15) is 14.4 Å². The minimum atomic E-state index is -0.355. The van der Waals surface area contributed by atoms with Crippen LogP contribution in [0.3, 0.4) is 0 Å². The van der Waals surface area contributed by atoms with Gasteiger partial charge in [0.25, 0.3) is 0 Å². The van der Waals surface area contributed by atoms with Gasteiger partial charge in [0, 0.05) is 32.5 Å². The van der Waals surface area contributed by atoms with Crippen LogP contribution in [0.15, 0.2) is 24.3 Å². The van der Waals surface area contributed by atoms with Gasteiger partial charge < -0.3 is 15.0 Å². The zero-order valence-corrected chi connectivity index (χ0v) is 14.2. The number of hydrogen-bond acceptors (Lipinski definition) is 4. The summed E-state index contributed by atoms with van der Waals surface area (Å²) in [5, 5.41) is 2.96. The van der Waals surface area contributed by atoms with Crippen LogP contribution in [0.5, 0.6) is 0 Å². The van der Waals surface area contributed by atoms with E-state index in [-0.39, 0.29) is 23.7 Å². The highest BCUT2D eigenvalue weighted by molar-refractivity contribution is 5.89. The predicted octanol–water partition coefficient (Wildman–Crippen LogP) is 1.39. The topological polar surface area (TPSA) is 75.7 Å². The normalized spacial score (nSPS) is 15.0. The molecule has 1 N–H and O–H groups in total. The van der Waals surface area contributed by atoms with Crippen molar-refractivity contribution in [2.45, 2.75) is 26.2 Å². The summed E-state index contributed by atoms with van der Waals surface area (Å²) in [6, 6.07) is 7.18. The van der Waals surface area contributed by atoms with E-state index >= 15 is 0 Å². The largest absolute Gasteiger partial charge is 0.465 e. The maximum absolute atomic E-state index is 12.2. The molecule has 6 nitrogen and oxygen atoms in total. The molecule has 2 amide bonds. The molecule has 0 bridgehead atoms. The van der Waals surface area contributed by atoms with Crippen molar-refractivity contribution < 1.29 is 19.1 Å². The summed E-state index contributed by atoms with van der Waals surface area (Å²) in [5.74, 6) is -0.234. The highest BCUT2D eigenvalue weighted by Crippen LogP contribution is 2.17. The average Bonchev–Trinajstić information content (AvgIpc) is 2.61. The summed E-state index contributed by atoms with van der Waals surface area (Å²) in [6.07, 6.45) is 2.15. The number of likely N-dealkylation sites (tertiary alicyclic amines) is 1. The van der Waals surface area contributed by atoms with E-state index in [0.717, 1.165) is 18.4 Å². The number of rotatable bonds is 5. The molecule has 0 spiro atoms. The summed E-state index contributed by atoms with van der Waals surface area (Å²) < 4.78 is 4.66. The molecule has 0 unspecified atom stereocenters. The van der Waals surface area contributed by atoms with Crippen LogP contribution in [-0.2, 0) is 20.7 Å². The third-order valence-electron chi connectivity index (χ3n) is 4.40. The summed E-state index contributed by atoms with van der Waals surface area (Å²) in [6.45, 7) is 3.43. The average molecular weight is 332 g/mol. The van der Waals surface area contributed by atoms with E-state index < -0.39 is 0 Å². The van der Waals surface area contributed by atoms with Gasteiger partial charge in [0.2, 0.25) is 11.8 Å². The number of nitrogens with zero attached hydrogens (tertiary/aromatic N) is 1. The highest BCUT2D eigenvalue weighted by Gasteiger charge is 2.25. The number of nitrogens with one attached hydrogen (secondary N) is 1. The van der Waals surface area contributed by atoms with Crippen molar-refractivity contribution in [2.24, 2.45) is 5.92 Å². The Morgan fingerprint density at radius 3 is 2.33 bits per heavy atom. The Morgan fingerprint density at radius 1 is 1.17 bits per heavy atom. The molecular formula is C18H24N2O4. The second-order valence-electron chi connectivity index (χ2n) is 6.01. The summed E-state index contributed by atoms with van der Waals surface area (Å²) >= 11 is 0. The Bertz CT molecular complexity index is 590. The van der Waals surface area contributed by atoms with Gasteiger partial charge in [0.15, 0.2) is 0 Å². The number of amides is 2. The maximum atomic E-state index is 12.2. The number of esters is 1. The molecule has 1 heterocycles. The molecule has 1 aromatic rings. The van der Waals surface area contributed by atoms with Crippen molar-refractivity contribution in [3.8, 4) is 0 Å². The van der Waals surface area contributed by atoms with Crippen molar-refractivity contribution in [1.29, 1.82) is 0 Å². The number of carbonyl (C=O) groups excluding carboxylic acids is 3. The molecule has 1 fully saturated rings. The Morgan fingerprint density at radius 2 is 1.79 bits per heavy atom. The first-order valence-electron chi connectivity index (χ1n) is 8.21. The summed E-state index contributed by atoms with van der Waals surface area (Å²) in [7, 11) is 1.35. The van der Waals surface area contributed by atoms with Crippen LogP contribution in [-0.4, -0.2) is 49.4 Å². The van der Waals surface area contributed by atoms with E-state index in [1.165, 1.54) is 7.11 Å². The summed E-state index contributed by atoms with van der Waals surface area (Å²) in [4.78, 5) is 36.6. The molecule has 130 valence electrons. The minimum absolute atomic E-state index is 0.0118. The predicted molar refractivity (Wildman–Crippen MR) is 89.5 cm³/mol. The molecule has 1 saturated heterocycles. The van der Waals surface area contributed by atoms with Gasteiger partial charge in [-0.25, -0.2) is 4.79 Å². The molecule has 1 aliphatic rings. The van der Waals surface area contributed by atoms with Gasteiger partial charge >= 0.3 is 5.97 Å². The SMILES string of the molecule is COC(=O)c1ccc(CCNC(=O)C2CCN(C(C)=O)CC2)cc1. The molecule has 0 saturated carbocycles. The first kappa shape index (κ1) is 18.0. The van der Waals surface area contributed by atoms with Crippen LogP contribution < -0.4 is 5.32 Å². The third-order valence-corrected chi connectivity index (χ3v) is 4.40. The third kappa shape index (κ3) is 4.81. The Labute approximate surface area is 142 Å². The zero-order valence-electron chi connectivity index (χ0n) is 14.2. The van der Waals surface area contributed by atoms with Crippen LogP contribution in [0.25, 0.3) is 0 Å². The first-order valence-corrected chi connectivity index (χ1v) is 8.21. The smallest absolute Gasteiger partial charge is 0.337 e. The van der Waals surface area contributed by atoms with Crippen LogP contribution >= 0.6 is 0 Å². The van der Waals surface area contributed by atoms with Crippen LogP contribution in [0.2, 0.25) is 0 Å². The molecule has 1 aromatic carbocycles. The lowest BCUT2D eigenvalue weighted by atomic mass is 9.96. The monoisotopic (exact) mass is 332 g/mol. The van der Waals surface area contributed by atoms with Gasteiger partial charge in [-0.1, -0.05) is 12.1 Å². The van der Waals surface area contributed by atoms with Crippen molar-refractivity contribution in [2.75, 3.05) is 26.7 Å². The number of piperidine rings is 1. The molecule has 0 radical (unpaired) electrons. The molecule has 0 aromatic heterocycles. The molecule has 2 rings (SSSR count). The fraction of sp³-hybridized carbons (Fsp3) is 0.500. The number of hydrogen-bond donors (Lipinski definition) is 1. The Hall–Kier alpha value is -2.37. The minimum Gasteiger partial charge on any atom is -0.465 e. The van der Waals surface area contributed by atoms with Gasteiger partial charge in [-0.15, -0.1) is 0 Å². The quantitative estimate of drug-likeness (QED) is 0.827. The second-order valence-corrected chi connectivity index (χ2v) is 6.01. The molecule has 1 aliphatic heterocycles. The molecular weight excluding hydrogens is 308 g/mol. The van der Waals surface area contributed by atoms with E-state index in [1.54, 1.807) is 24.0 Å². The van der Waals surface area contributed by atoms with Gasteiger partial charge in [-0.3, -0.25) is 9.59 Å². The highest BCUT2D eigenvalue weighted by atomic mass is 16.5. The van der Waals surface area contributed by atoms with Crippen molar-refractivity contribution >= 4 is 17.8 Å². The summed E-state index contributed by atoms with van der Waals surface area (Å²) in [5.41, 5.74) is 1.57. The standard InChI is InChI=1S/C18H24N2O4/c1-13(21)20-11-8-15(9-12-20)17(22)19-10-7-14-3-5-16(6-4-14)18(23)24-2/h3-6,15H,7-12H2,1-2H3,(H,19,22). The molecule has 6 heteroatoms. The van der Waals surface area contributed by atoms with E-state index in [2.05, 4.69) is 10.1 Å². The Balaban J connectivity index is 1.73. The van der Waals surface area contributed by atoms with Crippen molar-refractivity contribution in [3.05, 3.63) is 35.4 Å². The number of carbonyl (C=O) groups is 3. The molecule has 0 atom stereocenters. The zero-order chi connectivity index (χ0) is 17.5. The number of ether oxygens (including phenoxy) is 1. The first-order chi connectivity index (χ1) is 11.5. The number of methoxy groups -OCH3 is 1. The van der Waals surface area contributed by atoms with Crippen molar-refractivity contribution in [3.63, 3.8) is 0 Å². The van der Waals surface area contributed by atoms with E-state index in [0.29, 0.717) is 31.6 Å². The fourth-order valence-corrected chi connectivity index (χ4v) is 2.86. The van der Waals surface area contributed by atoms with Crippen LogP contribution in [0.1, 0.15) is 35.7 Å². The lowest BCUT2D eigenvalue weighted by Crippen LogP contribution is -2.42. The van der Waals surface area contributed by atoms with Crippen LogP contribution in [0.4, 0.5) is 0 Å². The number of benzene rings is 1. The molecule has 24 heavy (non-hydrogen) atoms. The maximum Gasteiger partial charge on any atom is 0.337 e. The lowest BCUT2D eigenvalue weighted by Gasteiger charge is -2.30.